The number of rotatable bonds is 8. The maximum atomic E-state index is 13.0. The molecule has 2 rings (SSSR count). The molecule has 2 aromatic carbocycles. The van der Waals surface area contributed by atoms with Gasteiger partial charge in [0.05, 0.1) is 4.90 Å². The van der Waals surface area contributed by atoms with E-state index in [0.717, 1.165) is 5.56 Å². The van der Waals surface area contributed by atoms with E-state index in [0.29, 0.717) is 13.1 Å². The van der Waals surface area contributed by atoms with Crippen LogP contribution in [0.3, 0.4) is 0 Å². The number of primary amides is 1. The van der Waals surface area contributed by atoms with E-state index < -0.39 is 15.9 Å². The Morgan fingerprint density at radius 2 is 1.54 bits per heavy atom. The first-order valence-corrected chi connectivity index (χ1v) is 9.33. The number of nitrogens with zero attached hydrogens (tertiary/aromatic N) is 2. The summed E-state index contributed by atoms with van der Waals surface area (Å²) in [6, 6.07) is 15.2. The highest BCUT2D eigenvalue weighted by Crippen LogP contribution is 2.19. The highest BCUT2D eigenvalue weighted by Gasteiger charge is 2.24. The molecule has 0 spiro atoms. The van der Waals surface area contributed by atoms with Crippen LogP contribution in [0.5, 0.6) is 0 Å². The Morgan fingerprint density at radius 1 is 0.962 bits per heavy atom. The van der Waals surface area contributed by atoms with Crippen LogP contribution in [0.2, 0.25) is 0 Å². The zero-order valence-corrected chi connectivity index (χ0v) is 16.5. The molecule has 0 aliphatic carbocycles. The fourth-order valence-electron chi connectivity index (χ4n) is 2.32. The molecule has 0 radical (unpaired) electrons. The largest absolute Gasteiger partial charge is 0.366 e. The van der Waals surface area contributed by atoms with E-state index in [-0.39, 0.29) is 29.4 Å². The first-order chi connectivity index (χ1) is 11.8. The number of sulfonamides is 1. The van der Waals surface area contributed by atoms with E-state index in [9.17, 15) is 13.2 Å². The molecule has 1 amide bonds. The van der Waals surface area contributed by atoms with Gasteiger partial charge in [-0.2, -0.15) is 4.31 Å². The first-order valence-electron chi connectivity index (χ1n) is 7.89. The normalized spacial score (nSPS) is 11.4. The van der Waals surface area contributed by atoms with Crippen molar-refractivity contribution in [3.05, 3.63) is 65.7 Å². The predicted octanol–water partition coefficient (Wildman–Crippen LogP) is 1.96. The Kier molecular flexibility index (Phi) is 8.23. The second kappa shape index (κ2) is 9.68. The number of halogens is 1. The third kappa shape index (κ3) is 5.81. The monoisotopic (exact) mass is 397 g/mol. The van der Waals surface area contributed by atoms with E-state index in [1.54, 1.807) is 0 Å². The molecule has 6 nitrogen and oxygen atoms in total. The molecule has 8 heteroatoms. The van der Waals surface area contributed by atoms with Crippen LogP contribution in [0.4, 0.5) is 0 Å². The lowest BCUT2D eigenvalue weighted by Crippen LogP contribution is -2.36. The van der Waals surface area contributed by atoms with Crippen LogP contribution in [-0.2, 0) is 16.6 Å². The summed E-state index contributed by atoms with van der Waals surface area (Å²) in [7, 11) is 0.113. The van der Waals surface area contributed by atoms with E-state index in [1.807, 2.05) is 49.3 Å². The van der Waals surface area contributed by atoms with E-state index in [2.05, 4.69) is 0 Å². The fourth-order valence-corrected chi connectivity index (χ4v) is 3.74. The molecule has 142 valence electrons. The van der Waals surface area contributed by atoms with Gasteiger partial charge in [0.1, 0.15) is 0 Å². The molecule has 0 fully saturated rings. The lowest BCUT2D eigenvalue weighted by Gasteiger charge is -2.24. The van der Waals surface area contributed by atoms with Gasteiger partial charge in [-0.05, 0) is 43.9 Å². The summed E-state index contributed by atoms with van der Waals surface area (Å²) in [6.45, 7) is 1.25. The summed E-state index contributed by atoms with van der Waals surface area (Å²) in [4.78, 5) is 13.3. The van der Waals surface area contributed by atoms with Gasteiger partial charge in [-0.15, -0.1) is 12.4 Å². The molecule has 26 heavy (non-hydrogen) atoms. The number of benzene rings is 2. The molecule has 0 aliphatic rings. The molecular formula is C18H24ClN3O3S. The van der Waals surface area contributed by atoms with Gasteiger partial charge >= 0.3 is 0 Å². The highest BCUT2D eigenvalue weighted by molar-refractivity contribution is 7.89. The summed E-state index contributed by atoms with van der Waals surface area (Å²) >= 11 is 0. The fraction of sp³-hybridized carbons (Fsp3) is 0.278. The van der Waals surface area contributed by atoms with Crippen LogP contribution < -0.4 is 5.73 Å². The summed E-state index contributed by atoms with van der Waals surface area (Å²) in [5.41, 5.74) is 6.41. The van der Waals surface area contributed by atoms with E-state index >= 15 is 0 Å². The topological polar surface area (TPSA) is 83.7 Å². The SMILES string of the molecule is CN(C)CCN(Cc1ccccc1)S(=O)(=O)c1ccc(C(N)=O)cc1.Cl. The van der Waals surface area contributed by atoms with Gasteiger partial charge in [0, 0.05) is 25.2 Å². The molecule has 2 N–H and O–H groups in total. The number of likely N-dealkylation sites (N-methyl/N-ethyl adjacent to an activating group) is 1. The zero-order chi connectivity index (χ0) is 18.4. The highest BCUT2D eigenvalue weighted by atomic mass is 35.5. The number of carbonyl (C=O) groups is 1. The Labute approximate surface area is 161 Å². The van der Waals surface area contributed by atoms with Crippen molar-refractivity contribution in [1.29, 1.82) is 0 Å². The van der Waals surface area contributed by atoms with E-state index in [1.165, 1.54) is 28.6 Å². The zero-order valence-electron chi connectivity index (χ0n) is 14.8. The molecule has 0 aliphatic heterocycles. The Bertz CT molecular complexity index is 809. The van der Waals surface area contributed by atoms with Crippen molar-refractivity contribution >= 4 is 28.3 Å². The molecule has 2 aromatic rings. The summed E-state index contributed by atoms with van der Waals surface area (Å²) in [5.74, 6) is -0.585. The van der Waals surface area contributed by atoms with Crippen LogP contribution >= 0.6 is 12.4 Å². The average Bonchev–Trinajstić information content (AvgIpc) is 2.59. The van der Waals surface area contributed by atoms with Gasteiger partial charge in [0.15, 0.2) is 0 Å². The number of nitrogens with two attached hydrogens (primary N) is 1. The molecule has 0 saturated carbocycles. The number of hydrogen-bond acceptors (Lipinski definition) is 4. The summed E-state index contributed by atoms with van der Waals surface area (Å²) in [5, 5.41) is 0. The van der Waals surface area contributed by atoms with Crippen molar-refractivity contribution < 1.29 is 13.2 Å². The molecule has 0 atom stereocenters. The van der Waals surface area contributed by atoms with Gasteiger partial charge in [-0.1, -0.05) is 30.3 Å². The minimum atomic E-state index is -3.68. The second-order valence-electron chi connectivity index (χ2n) is 6.02. The van der Waals surface area contributed by atoms with Gasteiger partial charge < -0.3 is 10.6 Å². The van der Waals surface area contributed by atoms with Crippen molar-refractivity contribution in [1.82, 2.24) is 9.21 Å². The first kappa shape index (κ1) is 22.1. The van der Waals surface area contributed by atoms with Crippen LogP contribution in [0.15, 0.2) is 59.5 Å². The standard InChI is InChI=1S/C18H23N3O3S.ClH/c1-20(2)12-13-21(14-15-6-4-3-5-7-15)25(23,24)17-10-8-16(9-11-17)18(19)22;/h3-11H,12-14H2,1-2H3,(H2,19,22);1H. The van der Waals surface area contributed by atoms with Crippen molar-refractivity contribution in [2.24, 2.45) is 5.73 Å². The van der Waals surface area contributed by atoms with Crippen molar-refractivity contribution in [2.45, 2.75) is 11.4 Å². The molecule has 0 aromatic heterocycles. The van der Waals surface area contributed by atoms with Gasteiger partial charge in [0.2, 0.25) is 15.9 Å². The van der Waals surface area contributed by atoms with Gasteiger partial charge in [-0.25, -0.2) is 8.42 Å². The Morgan fingerprint density at radius 3 is 2.04 bits per heavy atom. The Hall–Kier alpha value is -1.93. The van der Waals surface area contributed by atoms with Crippen LogP contribution in [0.1, 0.15) is 15.9 Å². The maximum Gasteiger partial charge on any atom is 0.248 e. The smallest absolute Gasteiger partial charge is 0.248 e. The van der Waals surface area contributed by atoms with Crippen molar-refractivity contribution in [2.75, 3.05) is 27.2 Å². The maximum absolute atomic E-state index is 13.0. The summed E-state index contributed by atoms with van der Waals surface area (Å²) < 4.78 is 27.5. The van der Waals surface area contributed by atoms with Gasteiger partial charge in [0.25, 0.3) is 0 Å². The molecule has 0 heterocycles. The Balaban J connectivity index is 0.00000338. The number of hydrogen-bond donors (Lipinski definition) is 1. The lowest BCUT2D eigenvalue weighted by molar-refractivity contribution is 0.1000. The van der Waals surface area contributed by atoms with Crippen molar-refractivity contribution in [3.63, 3.8) is 0 Å². The lowest BCUT2D eigenvalue weighted by atomic mass is 10.2. The minimum Gasteiger partial charge on any atom is -0.366 e. The van der Waals surface area contributed by atoms with Gasteiger partial charge in [-0.3, -0.25) is 4.79 Å². The average molecular weight is 398 g/mol. The molecule has 0 saturated heterocycles. The predicted molar refractivity (Wildman–Crippen MR) is 105 cm³/mol. The van der Waals surface area contributed by atoms with Crippen LogP contribution in [0, 0.1) is 0 Å². The molecule has 0 bridgehead atoms. The molecule has 0 unspecified atom stereocenters. The number of amides is 1. The second-order valence-corrected chi connectivity index (χ2v) is 7.95. The van der Waals surface area contributed by atoms with Crippen molar-refractivity contribution in [3.8, 4) is 0 Å². The van der Waals surface area contributed by atoms with E-state index in [4.69, 9.17) is 5.73 Å². The molecular weight excluding hydrogens is 374 g/mol. The summed E-state index contributed by atoms with van der Waals surface area (Å²) in [6.07, 6.45) is 0. The minimum absolute atomic E-state index is 0. The number of carbonyl (C=O) groups excluding carboxylic acids is 1. The quantitative estimate of drug-likeness (QED) is 0.738. The third-order valence-corrected chi connectivity index (χ3v) is 5.63. The van der Waals surface area contributed by atoms with Crippen LogP contribution in [0.25, 0.3) is 0 Å². The van der Waals surface area contributed by atoms with Crippen LogP contribution in [-0.4, -0.2) is 50.7 Å². The third-order valence-electron chi connectivity index (χ3n) is 3.77.